The third-order valence-corrected chi connectivity index (χ3v) is 7.08. The van der Waals surface area contributed by atoms with Crippen LogP contribution < -0.4 is 5.32 Å². The number of aromatic nitrogens is 3. The molecule has 0 spiro atoms. The molecule has 2 aromatic heterocycles. The van der Waals surface area contributed by atoms with Gasteiger partial charge in [0.15, 0.2) is 10.9 Å². The summed E-state index contributed by atoms with van der Waals surface area (Å²) in [7, 11) is 0. The number of rotatable bonds is 6. The fourth-order valence-electron chi connectivity index (χ4n) is 3.65. The quantitative estimate of drug-likeness (QED) is 0.423. The van der Waals surface area contributed by atoms with Crippen molar-refractivity contribution in [1.29, 1.82) is 0 Å². The molecule has 1 N–H and O–H groups in total. The summed E-state index contributed by atoms with van der Waals surface area (Å²) >= 11 is 13.6. The molecule has 6 nitrogen and oxygen atoms in total. The van der Waals surface area contributed by atoms with Gasteiger partial charge in [0.1, 0.15) is 0 Å². The average Bonchev–Trinajstić information content (AvgIpc) is 3.42. The van der Waals surface area contributed by atoms with Crippen molar-refractivity contribution < 1.29 is 9.21 Å². The zero-order valence-electron chi connectivity index (χ0n) is 16.5. The van der Waals surface area contributed by atoms with Gasteiger partial charge in [-0.05, 0) is 44.0 Å². The van der Waals surface area contributed by atoms with Crippen LogP contribution >= 0.6 is 35.0 Å². The molecule has 3 aromatic rings. The second-order valence-electron chi connectivity index (χ2n) is 7.30. The Balaban J connectivity index is 1.56. The molecule has 1 aliphatic carbocycles. The second-order valence-corrected chi connectivity index (χ2v) is 9.39. The molecule has 1 fully saturated rings. The Morgan fingerprint density at radius 1 is 1.20 bits per heavy atom. The van der Waals surface area contributed by atoms with Crippen LogP contribution in [0.15, 0.2) is 46.2 Å². The molecule has 2 heterocycles. The van der Waals surface area contributed by atoms with Gasteiger partial charge in [0.05, 0.1) is 27.2 Å². The molecule has 30 heavy (non-hydrogen) atoms. The normalized spacial score (nSPS) is 15.8. The smallest absolute Gasteiger partial charge is 0.237 e. The zero-order chi connectivity index (χ0) is 21.1. The van der Waals surface area contributed by atoms with E-state index < -0.39 is 5.25 Å². The van der Waals surface area contributed by atoms with Gasteiger partial charge in [0, 0.05) is 6.04 Å². The lowest BCUT2D eigenvalue weighted by atomic mass is 9.95. The van der Waals surface area contributed by atoms with E-state index in [9.17, 15) is 4.79 Å². The lowest BCUT2D eigenvalue weighted by molar-refractivity contribution is -0.115. The molecule has 158 valence electrons. The Morgan fingerprint density at radius 2 is 2.00 bits per heavy atom. The summed E-state index contributed by atoms with van der Waals surface area (Å²) < 4.78 is 7.72. The predicted octanol–water partition coefficient (Wildman–Crippen LogP) is 6.47. The first kappa shape index (κ1) is 21.3. The first-order valence-electron chi connectivity index (χ1n) is 9.95. The van der Waals surface area contributed by atoms with Crippen LogP contribution in [-0.4, -0.2) is 25.9 Å². The predicted molar refractivity (Wildman–Crippen MR) is 120 cm³/mol. The van der Waals surface area contributed by atoms with Crippen molar-refractivity contribution in [2.24, 2.45) is 0 Å². The first-order valence-corrected chi connectivity index (χ1v) is 11.6. The van der Waals surface area contributed by atoms with E-state index in [-0.39, 0.29) is 5.91 Å². The van der Waals surface area contributed by atoms with E-state index in [0.29, 0.717) is 38.5 Å². The SMILES string of the molecule is C[C@H](Sc1nnc(-c2ccco2)n1C1CCCCC1)C(=O)Nc1cccc(Cl)c1Cl. The van der Waals surface area contributed by atoms with Crippen molar-refractivity contribution >= 4 is 46.6 Å². The summed E-state index contributed by atoms with van der Waals surface area (Å²) in [4.78, 5) is 12.8. The fourth-order valence-corrected chi connectivity index (χ4v) is 4.91. The number of hydrogen-bond donors (Lipinski definition) is 1. The molecule has 1 saturated carbocycles. The summed E-state index contributed by atoms with van der Waals surface area (Å²) in [5, 5.41) is 12.7. The van der Waals surface area contributed by atoms with Crippen molar-refractivity contribution in [3.63, 3.8) is 0 Å². The second kappa shape index (κ2) is 9.45. The highest BCUT2D eigenvalue weighted by Crippen LogP contribution is 2.37. The van der Waals surface area contributed by atoms with Gasteiger partial charge >= 0.3 is 0 Å². The molecule has 1 aromatic carbocycles. The van der Waals surface area contributed by atoms with Crippen LogP contribution in [0.2, 0.25) is 10.0 Å². The highest BCUT2D eigenvalue weighted by molar-refractivity contribution is 8.00. The molecule has 4 rings (SSSR count). The van der Waals surface area contributed by atoms with E-state index in [1.165, 1.54) is 31.0 Å². The maximum atomic E-state index is 12.8. The van der Waals surface area contributed by atoms with E-state index in [4.69, 9.17) is 27.6 Å². The van der Waals surface area contributed by atoms with Crippen molar-refractivity contribution in [2.45, 2.75) is 55.5 Å². The average molecular weight is 465 g/mol. The van der Waals surface area contributed by atoms with Crippen LogP contribution in [0.4, 0.5) is 5.69 Å². The molecular formula is C21H22Cl2N4O2S. The molecule has 0 radical (unpaired) electrons. The number of halogens is 2. The van der Waals surface area contributed by atoms with Crippen molar-refractivity contribution in [2.75, 3.05) is 5.32 Å². The number of nitrogens with one attached hydrogen (secondary N) is 1. The third kappa shape index (κ3) is 4.53. The maximum absolute atomic E-state index is 12.8. The lowest BCUT2D eigenvalue weighted by Gasteiger charge is -2.25. The maximum Gasteiger partial charge on any atom is 0.237 e. The molecule has 1 amide bonds. The van der Waals surface area contributed by atoms with Crippen LogP contribution in [0.3, 0.4) is 0 Å². The minimum Gasteiger partial charge on any atom is -0.461 e. The molecule has 1 aliphatic rings. The number of furan rings is 1. The number of anilines is 1. The van der Waals surface area contributed by atoms with Gasteiger partial charge in [-0.2, -0.15) is 0 Å². The number of amides is 1. The van der Waals surface area contributed by atoms with E-state index in [2.05, 4.69) is 20.1 Å². The fraction of sp³-hybridized carbons (Fsp3) is 0.381. The summed E-state index contributed by atoms with van der Waals surface area (Å²) in [6.07, 6.45) is 7.36. The zero-order valence-corrected chi connectivity index (χ0v) is 18.8. The van der Waals surface area contributed by atoms with Gasteiger partial charge in [-0.3, -0.25) is 9.36 Å². The molecule has 0 unspecified atom stereocenters. The van der Waals surface area contributed by atoms with Gasteiger partial charge in [0.25, 0.3) is 0 Å². The van der Waals surface area contributed by atoms with E-state index in [0.717, 1.165) is 12.8 Å². The van der Waals surface area contributed by atoms with E-state index in [1.807, 2.05) is 19.1 Å². The monoisotopic (exact) mass is 464 g/mol. The van der Waals surface area contributed by atoms with Crippen LogP contribution in [0.5, 0.6) is 0 Å². The van der Waals surface area contributed by atoms with E-state index >= 15 is 0 Å². The van der Waals surface area contributed by atoms with Gasteiger partial charge < -0.3 is 9.73 Å². The molecule has 1 atom stereocenters. The number of thioether (sulfide) groups is 1. The Labute approximate surface area is 189 Å². The van der Waals surface area contributed by atoms with Crippen molar-refractivity contribution in [3.8, 4) is 11.6 Å². The van der Waals surface area contributed by atoms with Crippen molar-refractivity contribution in [1.82, 2.24) is 14.8 Å². The Bertz CT molecular complexity index is 1020. The highest BCUT2D eigenvalue weighted by Gasteiger charge is 2.27. The van der Waals surface area contributed by atoms with Gasteiger partial charge in [-0.15, -0.1) is 10.2 Å². The largest absolute Gasteiger partial charge is 0.461 e. The number of carbonyl (C=O) groups excluding carboxylic acids is 1. The standard InChI is InChI=1S/C21H22Cl2N4O2S/c1-13(20(28)24-16-10-5-9-15(22)18(16)23)30-21-26-25-19(17-11-6-12-29-17)27(21)14-7-3-2-4-8-14/h5-6,9-14H,2-4,7-8H2,1H3,(H,24,28)/t13-/m0/s1. The molecular weight excluding hydrogens is 443 g/mol. The molecule has 0 aliphatic heterocycles. The summed E-state index contributed by atoms with van der Waals surface area (Å²) in [5.74, 6) is 1.21. The first-order chi connectivity index (χ1) is 14.5. The number of hydrogen-bond acceptors (Lipinski definition) is 5. The topological polar surface area (TPSA) is 73.0 Å². The number of carbonyl (C=O) groups is 1. The van der Waals surface area contributed by atoms with Crippen LogP contribution in [-0.2, 0) is 4.79 Å². The van der Waals surface area contributed by atoms with E-state index in [1.54, 1.807) is 24.5 Å². The minimum absolute atomic E-state index is 0.179. The summed E-state index contributed by atoms with van der Waals surface area (Å²) in [6, 6.07) is 9.18. The number of benzene rings is 1. The van der Waals surface area contributed by atoms with Gasteiger partial charge in [-0.1, -0.05) is 60.3 Å². The third-order valence-electron chi connectivity index (χ3n) is 5.21. The highest BCUT2D eigenvalue weighted by atomic mass is 35.5. The Morgan fingerprint density at radius 3 is 2.73 bits per heavy atom. The van der Waals surface area contributed by atoms with Crippen LogP contribution in [0.25, 0.3) is 11.6 Å². The number of nitrogens with zero attached hydrogens (tertiary/aromatic N) is 3. The summed E-state index contributed by atoms with van der Waals surface area (Å²) in [5.41, 5.74) is 0.492. The van der Waals surface area contributed by atoms with Gasteiger partial charge in [-0.25, -0.2) is 0 Å². The van der Waals surface area contributed by atoms with Crippen molar-refractivity contribution in [3.05, 3.63) is 46.6 Å². The Hall–Kier alpha value is -1.96. The van der Waals surface area contributed by atoms with Crippen LogP contribution in [0, 0.1) is 0 Å². The molecule has 9 heteroatoms. The molecule has 0 saturated heterocycles. The molecule has 0 bridgehead atoms. The Kier molecular flexibility index (Phi) is 6.71. The van der Waals surface area contributed by atoms with Crippen LogP contribution in [0.1, 0.15) is 45.1 Å². The lowest BCUT2D eigenvalue weighted by Crippen LogP contribution is -2.23. The van der Waals surface area contributed by atoms with Gasteiger partial charge in [0.2, 0.25) is 11.7 Å². The minimum atomic E-state index is -0.406. The summed E-state index contributed by atoms with van der Waals surface area (Å²) in [6.45, 7) is 1.84.